The van der Waals surface area contributed by atoms with Gasteiger partial charge in [0, 0.05) is 32.1 Å². The predicted molar refractivity (Wildman–Crippen MR) is 113 cm³/mol. The molecular formula is C22H33N3O3S. The van der Waals surface area contributed by atoms with Gasteiger partial charge in [-0.05, 0) is 87.7 Å². The van der Waals surface area contributed by atoms with Crippen molar-refractivity contribution in [2.75, 3.05) is 32.7 Å². The number of fused-ring (bicyclic) bond motifs is 1. The molecule has 0 spiro atoms. The highest BCUT2D eigenvalue weighted by Crippen LogP contribution is 2.24. The molecule has 6 nitrogen and oxygen atoms in total. The van der Waals surface area contributed by atoms with E-state index in [9.17, 15) is 13.2 Å². The summed E-state index contributed by atoms with van der Waals surface area (Å²) in [5.74, 6) is 0.152. The number of likely N-dealkylation sites (tertiary alicyclic amines) is 2. The summed E-state index contributed by atoms with van der Waals surface area (Å²) in [5, 5.41) is 0. The number of rotatable bonds is 7. The highest BCUT2D eigenvalue weighted by molar-refractivity contribution is 7.89. The first-order chi connectivity index (χ1) is 14.0. The number of nitrogens with one attached hydrogen (secondary N) is 1. The monoisotopic (exact) mass is 419 g/mol. The zero-order chi connectivity index (χ0) is 20.3. The molecule has 0 bridgehead atoms. The molecule has 3 aliphatic rings. The van der Waals surface area contributed by atoms with Crippen LogP contribution in [0.1, 0.15) is 56.1 Å². The zero-order valence-electron chi connectivity index (χ0n) is 17.2. The van der Waals surface area contributed by atoms with Gasteiger partial charge in [-0.25, -0.2) is 13.1 Å². The molecule has 1 atom stereocenters. The first kappa shape index (κ1) is 20.8. The van der Waals surface area contributed by atoms with Crippen LogP contribution in [0.25, 0.3) is 0 Å². The molecule has 2 aliphatic heterocycles. The average molecular weight is 420 g/mol. The van der Waals surface area contributed by atoms with Crippen molar-refractivity contribution in [1.29, 1.82) is 0 Å². The van der Waals surface area contributed by atoms with Gasteiger partial charge >= 0.3 is 0 Å². The molecule has 2 heterocycles. The number of hydrogen-bond donors (Lipinski definition) is 1. The second kappa shape index (κ2) is 9.14. The van der Waals surface area contributed by atoms with Crippen molar-refractivity contribution in [3.8, 4) is 0 Å². The molecule has 0 aromatic heterocycles. The van der Waals surface area contributed by atoms with Crippen molar-refractivity contribution in [2.24, 2.45) is 0 Å². The summed E-state index contributed by atoms with van der Waals surface area (Å²) in [6, 6.07) is 6.01. The zero-order valence-corrected chi connectivity index (χ0v) is 18.1. The summed E-state index contributed by atoms with van der Waals surface area (Å²) >= 11 is 0. The van der Waals surface area contributed by atoms with E-state index >= 15 is 0 Å². The maximum absolute atomic E-state index is 12.6. The van der Waals surface area contributed by atoms with E-state index in [1.54, 1.807) is 6.07 Å². The average Bonchev–Trinajstić information content (AvgIpc) is 3.42. The number of sulfonamides is 1. The fourth-order valence-electron chi connectivity index (χ4n) is 4.94. The van der Waals surface area contributed by atoms with Crippen LogP contribution in [0.5, 0.6) is 0 Å². The van der Waals surface area contributed by atoms with Crippen LogP contribution in [0, 0.1) is 0 Å². The van der Waals surface area contributed by atoms with Crippen molar-refractivity contribution < 1.29 is 13.2 Å². The lowest BCUT2D eigenvalue weighted by atomic mass is 9.92. The van der Waals surface area contributed by atoms with Crippen LogP contribution in [0.3, 0.4) is 0 Å². The minimum absolute atomic E-state index is 0.152. The van der Waals surface area contributed by atoms with Gasteiger partial charge in [-0.15, -0.1) is 0 Å². The number of carbonyl (C=O) groups is 1. The van der Waals surface area contributed by atoms with Crippen LogP contribution in [0.2, 0.25) is 0 Å². The third-order valence-electron chi connectivity index (χ3n) is 6.66. The lowest BCUT2D eigenvalue weighted by Gasteiger charge is -2.23. The Morgan fingerprint density at radius 3 is 2.59 bits per heavy atom. The topological polar surface area (TPSA) is 69.7 Å². The number of benzene rings is 1. The maximum Gasteiger partial charge on any atom is 0.240 e. The van der Waals surface area contributed by atoms with Gasteiger partial charge in [-0.1, -0.05) is 6.07 Å². The van der Waals surface area contributed by atoms with Gasteiger partial charge in [-0.3, -0.25) is 9.69 Å². The van der Waals surface area contributed by atoms with Gasteiger partial charge in [-0.2, -0.15) is 0 Å². The Kier molecular flexibility index (Phi) is 6.56. The summed E-state index contributed by atoms with van der Waals surface area (Å²) in [5.41, 5.74) is 2.44. The van der Waals surface area contributed by atoms with Crippen molar-refractivity contribution in [2.45, 2.75) is 68.7 Å². The summed E-state index contributed by atoms with van der Waals surface area (Å²) in [6.45, 7) is 4.30. The van der Waals surface area contributed by atoms with E-state index in [2.05, 4.69) is 9.62 Å². The maximum atomic E-state index is 12.6. The molecule has 7 heteroatoms. The highest BCUT2D eigenvalue weighted by atomic mass is 32.2. The smallest absolute Gasteiger partial charge is 0.240 e. The van der Waals surface area contributed by atoms with Crippen molar-refractivity contribution >= 4 is 15.9 Å². The first-order valence-corrected chi connectivity index (χ1v) is 12.6. The molecule has 1 aromatic rings. The quantitative estimate of drug-likeness (QED) is 0.689. The predicted octanol–water partition coefficient (Wildman–Crippen LogP) is 2.32. The molecule has 4 rings (SSSR count). The van der Waals surface area contributed by atoms with Gasteiger partial charge in [0.25, 0.3) is 0 Å². The molecule has 29 heavy (non-hydrogen) atoms. The number of carbonyl (C=O) groups excluding carboxylic acids is 1. The van der Waals surface area contributed by atoms with Gasteiger partial charge < -0.3 is 4.90 Å². The van der Waals surface area contributed by atoms with Gasteiger partial charge in [0.2, 0.25) is 15.9 Å². The van der Waals surface area contributed by atoms with E-state index < -0.39 is 10.0 Å². The van der Waals surface area contributed by atoms with E-state index in [-0.39, 0.29) is 5.91 Å². The Labute approximate surface area is 174 Å². The van der Waals surface area contributed by atoms with E-state index in [0.717, 1.165) is 57.4 Å². The SMILES string of the molecule is O=C(CCCNS(=O)(=O)c1ccc2c(c1)CCCC2)N1CCC(N2CCCC2)C1. The molecule has 160 valence electrons. The Morgan fingerprint density at radius 1 is 1.03 bits per heavy atom. The van der Waals surface area contributed by atoms with Crippen molar-refractivity contribution in [3.05, 3.63) is 29.3 Å². The summed E-state index contributed by atoms with van der Waals surface area (Å²) in [4.78, 5) is 17.3. The Bertz CT molecular complexity index is 834. The van der Waals surface area contributed by atoms with Crippen molar-refractivity contribution in [3.63, 3.8) is 0 Å². The van der Waals surface area contributed by atoms with Crippen LogP contribution in [0.4, 0.5) is 0 Å². The van der Waals surface area contributed by atoms with Crippen LogP contribution >= 0.6 is 0 Å². The van der Waals surface area contributed by atoms with Crippen LogP contribution in [0.15, 0.2) is 23.1 Å². The fourth-order valence-corrected chi connectivity index (χ4v) is 6.06. The third kappa shape index (κ3) is 5.01. The molecular weight excluding hydrogens is 386 g/mol. The molecule has 0 saturated carbocycles. The van der Waals surface area contributed by atoms with Gasteiger partial charge in [0.15, 0.2) is 0 Å². The van der Waals surface area contributed by atoms with E-state index in [1.165, 1.54) is 24.8 Å². The van der Waals surface area contributed by atoms with Gasteiger partial charge in [0.05, 0.1) is 4.90 Å². The molecule has 1 unspecified atom stereocenters. The number of amides is 1. The molecule has 1 N–H and O–H groups in total. The summed E-state index contributed by atoms with van der Waals surface area (Å²) in [7, 11) is -3.51. The Balaban J connectivity index is 1.22. The largest absolute Gasteiger partial charge is 0.341 e. The van der Waals surface area contributed by atoms with E-state index in [4.69, 9.17) is 0 Å². The molecule has 1 aromatic carbocycles. The normalized spacial score (nSPS) is 22.8. The lowest BCUT2D eigenvalue weighted by molar-refractivity contribution is -0.130. The Hall–Kier alpha value is -1.44. The Morgan fingerprint density at radius 2 is 1.79 bits per heavy atom. The number of nitrogens with zero attached hydrogens (tertiary/aromatic N) is 2. The highest BCUT2D eigenvalue weighted by Gasteiger charge is 2.31. The van der Waals surface area contributed by atoms with Gasteiger partial charge in [0.1, 0.15) is 0 Å². The molecule has 1 aliphatic carbocycles. The van der Waals surface area contributed by atoms with Crippen LogP contribution in [-0.2, 0) is 27.7 Å². The molecule has 2 saturated heterocycles. The lowest BCUT2D eigenvalue weighted by Crippen LogP contribution is -2.37. The molecule has 1 amide bonds. The number of aryl methyl sites for hydroxylation is 2. The second-order valence-corrected chi connectivity index (χ2v) is 10.4. The van der Waals surface area contributed by atoms with E-state index in [1.807, 2.05) is 17.0 Å². The summed E-state index contributed by atoms with van der Waals surface area (Å²) in [6.07, 6.45) is 8.86. The number of hydrogen-bond acceptors (Lipinski definition) is 4. The third-order valence-corrected chi connectivity index (χ3v) is 8.12. The minimum Gasteiger partial charge on any atom is -0.341 e. The van der Waals surface area contributed by atoms with Crippen molar-refractivity contribution in [1.82, 2.24) is 14.5 Å². The standard InChI is InChI=1S/C22H33N3O3S/c26-22(25-15-11-20(17-25)24-13-3-4-14-24)8-5-12-23-29(27,28)21-10-9-18-6-1-2-7-19(18)16-21/h9-10,16,20,23H,1-8,11-15,17H2. The van der Waals surface area contributed by atoms with Crippen LogP contribution in [-0.4, -0.2) is 62.9 Å². The fraction of sp³-hybridized carbons (Fsp3) is 0.682. The first-order valence-electron chi connectivity index (χ1n) is 11.2. The summed E-state index contributed by atoms with van der Waals surface area (Å²) < 4.78 is 27.9. The minimum atomic E-state index is -3.51. The van der Waals surface area contributed by atoms with E-state index in [0.29, 0.717) is 30.3 Å². The molecule has 2 fully saturated rings. The van der Waals surface area contributed by atoms with Crippen LogP contribution < -0.4 is 4.72 Å². The second-order valence-electron chi connectivity index (χ2n) is 8.66. The molecule has 0 radical (unpaired) electrons.